The molecule has 154 valence electrons. The van der Waals surface area contributed by atoms with E-state index in [1.165, 1.54) is 30.2 Å². The quantitative estimate of drug-likeness (QED) is 0.529. The lowest BCUT2D eigenvalue weighted by Crippen LogP contribution is -2.50. The maximum absolute atomic E-state index is 12.9. The molecule has 0 saturated carbocycles. The molecular weight excluding hydrogens is 402 g/mol. The van der Waals surface area contributed by atoms with Crippen LogP contribution >= 0.6 is 11.3 Å². The molecule has 1 aromatic heterocycles. The zero-order valence-electron chi connectivity index (χ0n) is 15.9. The molecule has 1 N–H and O–H groups in total. The Hall–Kier alpha value is -3.12. The van der Waals surface area contributed by atoms with Gasteiger partial charge in [0.05, 0.1) is 16.7 Å². The summed E-state index contributed by atoms with van der Waals surface area (Å²) in [6, 6.07) is 3.92. The molecule has 1 atom stereocenters. The molecule has 3 rings (SSSR count). The van der Waals surface area contributed by atoms with Crippen molar-refractivity contribution in [2.45, 2.75) is 26.6 Å². The zero-order chi connectivity index (χ0) is 21.1. The van der Waals surface area contributed by atoms with Crippen molar-refractivity contribution in [3.8, 4) is 5.75 Å². The fourth-order valence-electron chi connectivity index (χ4n) is 2.77. The summed E-state index contributed by atoms with van der Waals surface area (Å²) < 4.78 is 10.7. The number of amides is 2. The lowest BCUT2D eigenvalue weighted by atomic mass is 10.0. The second-order valence-electron chi connectivity index (χ2n) is 6.60. The number of anilines is 2. The van der Waals surface area contributed by atoms with Crippen molar-refractivity contribution in [2.75, 3.05) is 23.9 Å². The first-order valence-electron chi connectivity index (χ1n) is 8.67. The van der Waals surface area contributed by atoms with Crippen LogP contribution < -0.4 is 15.0 Å². The van der Waals surface area contributed by atoms with Crippen LogP contribution in [0.4, 0.5) is 16.5 Å². The van der Waals surface area contributed by atoms with Gasteiger partial charge in [0, 0.05) is 13.2 Å². The van der Waals surface area contributed by atoms with Gasteiger partial charge < -0.3 is 9.47 Å². The van der Waals surface area contributed by atoms with Crippen molar-refractivity contribution in [1.29, 1.82) is 0 Å². The van der Waals surface area contributed by atoms with Crippen LogP contribution in [0.1, 0.15) is 18.9 Å². The van der Waals surface area contributed by atoms with Gasteiger partial charge >= 0.3 is 0 Å². The first-order chi connectivity index (χ1) is 13.8. The largest absolute Gasteiger partial charge is 0.478 e. The number of aromatic nitrogens is 2. The number of nitro benzene ring substituents is 1. The van der Waals surface area contributed by atoms with Crippen LogP contribution in [0.15, 0.2) is 18.2 Å². The van der Waals surface area contributed by atoms with E-state index >= 15 is 0 Å². The molecular formula is C17H19N5O6S. The lowest BCUT2D eigenvalue weighted by molar-refractivity contribution is -0.384. The summed E-state index contributed by atoms with van der Waals surface area (Å²) in [6.07, 6.45) is -0.855. The molecule has 1 aromatic carbocycles. The standard InChI is InChI=1S/C17H19N5O6S/c1-9(2)15-16(24)21(11-5-4-10(22(25)26)6-12(11)28-15)7-13(23)18-17-20-19-14(29-17)8-27-3/h4-6,9,15H,7-8H2,1-3H3,(H,18,20,23). The number of hydrogen-bond acceptors (Lipinski definition) is 9. The van der Waals surface area contributed by atoms with E-state index in [1.54, 1.807) is 13.8 Å². The molecule has 0 saturated heterocycles. The Morgan fingerprint density at radius 1 is 1.45 bits per heavy atom. The molecule has 0 aliphatic carbocycles. The predicted molar refractivity (Wildman–Crippen MR) is 104 cm³/mol. The molecule has 11 nitrogen and oxygen atoms in total. The number of carbonyl (C=O) groups is 2. The second-order valence-corrected chi connectivity index (χ2v) is 7.66. The highest BCUT2D eigenvalue weighted by molar-refractivity contribution is 7.15. The third-order valence-electron chi connectivity index (χ3n) is 4.10. The van der Waals surface area contributed by atoms with Crippen molar-refractivity contribution in [2.24, 2.45) is 5.92 Å². The van der Waals surface area contributed by atoms with Crippen molar-refractivity contribution < 1.29 is 24.0 Å². The molecule has 1 aliphatic rings. The molecule has 0 fully saturated rings. The molecule has 2 heterocycles. The summed E-state index contributed by atoms with van der Waals surface area (Å²) in [5, 5.41) is 22.3. The van der Waals surface area contributed by atoms with E-state index in [0.717, 1.165) is 11.3 Å². The minimum absolute atomic E-state index is 0.162. The monoisotopic (exact) mass is 421 g/mol. The second kappa shape index (κ2) is 8.49. The van der Waals surface area contributed by atoms with E-state index in [1.807, 2.05) is 0 Å². The van der Waals surface area contributed by atoms with Gasteiger partial charge in [-0.15, -0.1) is 10.2 Å². The number of nitro groups is 1. The van der Waals surface area contributed by atoms with E-state index in [9.17, 15) is 19.7 Å². The summed E-state index contributed by atoms with van der Waals surface area (Å²) in [7, 11) is 1.52. The third-order valence-corrected chi connectivity index (χ3v) is 4.91. The number of hydrogen-bond donors (Lipinski definition) is 1. The van der Waals surface area contributed by atoms with Crippen LogP contribution in [-0.4, -0.2) is 46.7 Å². The van der Waals surface area contributed by atoms with Crippen LogP contribution in [0, 0.1) is 16.0 Å². The van der Waals surface area contributed by atoms with Crippen LogP contribution in [0.3, 0.4) is 0 Å². The third kappa shape index (κ3) is 4.49. The van der Waals surface area contributed by atoms with Gasteiger partial charge in [0.15, 0.2) is 11.9 Å². The minimum Gasteiger partial charge on any atom is -0.478 e. The molecule has 2 aromatic rings. The van der Waals surface area contributed by atoms with Gasteiger partial charge in [-0.2, -0.15) is 0 Å². The Kier molecular flexibility index (Phi) is 6.03. The molecule has 0 bridgehead atoms. The number of rotatable bonds is 7. The van der Waals surface area contributed by atoms with Crippen LogP contribution in [0.2, 0.25) is 0 Å². The van der Waals surface area contributed by atoms with Gasteiger partial charge in [-0.25, -0.2) is 0 Å². The molecule has 29 heavy (non-hydrogen) atoms. The van der Waals surface area contributed by atoms with E-state index in [-0.39, 0.29) is 35.6 Å². The summed E-state index contributed by atoms with van der Waals surface area (Å²) in [5.41, 5.74) is 0.134. The Balaban J connectivity index is 1.83. The average molecular weight is 421 g/mol. The first-order valence-corrected chi connectivity index (χ1v) is 9.49. The van der Waals surface area contributed by atoms with E-state index in [2.05, 4.69) is 15.5 Å². The fraction of sp³-hybridized carbons (Fsp3) is 0.412. The van der Waals surface area contributed by atoms with Gasteiger partial charge in [0.2, 0.25) is 11.0 Å². The Morgan fingerprint density at radius 2 is 2.21 bits per heavy atom. The molecule has 1 aliphatic heterocycles. The number of ether oxygens (including phenoxy) is 2. The number of methoxy groups -OCH3 is 1. The Morgan fingerprint density at radius 3 is 2.86 bits per heavy atom. The van der Waals surface area contributed by atoms with Crippen LogP contribution in [0.25, 0.3) is 0 Å². The molecule has 1 unspecified atom stereocenters. The van der Waals surface area contributed by atoms with Crippen molar-refractivity contribution in [3.63, 3.8) is 0 Å². The van der Waals surface area contributed by atoms with Gasteiger partial charge in [-0.05, 0) is 12.0 Å². The van der Waals surface area contributed by atoms with Crippen molar-refractivity contribution in [3.05, 3.63) is 33.3 Å². The van der Waals surface area contributed by atoms with Gasteiger partial charge in [-0.3, -0.25) is 29.9 Å². The number of non-ortho nitro benzene ring substituents is 1. The number of fused-ring (bicyclic) bond motifs is 1. The molecule has 0 radical (unpaired) electrons. The number of nitrogens with one attached hydrogen (secondary N) is 1. The maximum Gasteiger partial charge on any atom is 0.273 e. The van der Waals surface area contributed by atoms with Crippen molar-refractivity contribution in [1.82, 2.24) is 10.2 Å². The Labute approximate surface area is 169 Å². The van der Waals surface area contributed by atoms with Gasteiger partial charge in [0.1, 0.15) is 18.2 Å². The van der Waals surface area contributed by atoms with E-state index in [0.29, 0.717) is 10.7 Å². The average Bonchev–Trinajstić information content (AvgIpc) is 3.10. The fourth-order valence-corrected chi connectivity index (χ4v) is 3.49. The summed E-state index contributed by atoms with van der Waals surface area (Å²) in [4.78, 5) is 37.2. The summed E-state index contributed by atoms with van der Waals surface area (Å²) >= 11 is 1.16. The first kappa shape index (κ1) is 20.6. The zero-order valence-corrected chi connectivity index (χ0v) is 16.8. The smallest absolute Gasteiger partial charge is 0.273 e. The minimum atomic E-state index is -0.855. The number of benzene rings is 1. The highest BCUT2D eigenvalue weighted by Crippen LogP contribution is 2.38. The SMILES string of the molecule is COCc1nnc(NC(=O)CN2C(=O)C(C(C)C)Oc3cc([N+](=O)[O-])ccc32)s1. The molecule has 2 amide bonds. The predicted octanol–water partition coefficient (Wildman–Crippen LogP) is 1.98. The highest BCUT2D eigenvalue weighted by Gasteiger charge is 2.38. The lowest BCUT2D eigenvalue weighted by Gasteiger charge is -2.35. The molecule has 12 heteroatoms. The maximum atomic E-state index is 12.9. The topological polar surface area (TPSA) is 137 Å². The van der Waals surface area contributed by atoms with E-state index < -0.39 is 22.8 Å². The number of carbonyl (C=O) groups excluding carboxylic acids is 2. The highest BCUT2D eigenvalue weighted by atomic mass is 32.1. The van der Waals surface area contributed by atoms with Crippen molar-refractivity contribution >= 4 is 39.7 Å². The van der Waals surface area contributed by atoms with Crippen LogP contribution in [0.5, 0.6) is 5.75 Å². The summed E-state index contributed by atoms with van der Waals surface area (Å²) in [6.45, 7) is 3.57. The van der Waals surface area contributed by atoms with Gasteiger partial charge in [-0.1, -0.05) is 25.2 Å². The van der Waals surface area contributed by atoms with E-state index in [4.69, 9.17) is 9.47 Å². The van der Waals surface area contributed by atoms with Gasteiger partial charge in [0.25, 0.3) is 11.6 Å². The van der Waals surface area contributed by atoms with Crippen LogP contribution in [-0.2, 0) is 20.9 Å². The Bertz CT molecular complexity index is 946. The summed E-state index contributed by atoms with van der Waals surface area (Å²) in [5.74, 6) is -0.884. The molecule has 0 spiro atoms. The number of nitrogens with zero attached hydrogens (tertiary/aromatic N) is 4. The normalized spacial score (nSPS) is 15.8.